The Balaban J connectivity index is 2.83. The van der Waals surface area contributed by atoms with E-state index in [1.165, 1.54) is 13.8 Å². The Morgan fingerprint density at radius 2 is 2.21 bits per heavy atom. The molecular weight excluding hydrogens is 250 g/mol. The molecule has 14 heavy (non-hydrogen) atoms. The van der Waals surface area contributed by atoms with Gasteiger partial charge in [-0.1, -0.05) is 6.07 Å². The van der Waals surface area contributed by atoms with Gasteiger partial charge in [0.05, 0.1) is 0 Å². The second-order valence-electron chi connectivity index (χ2n) is 3.22. The van der Waals surface area contributed by atoms with Gasteiger partial charge in [0.1, 0.15) is 4.60 Å². The van der Waals surface area contributed by atoms with Gasteiger partial charge in [-0.2, -0.15) is 0 Å². The Morgan fingerprint density at radius 1 is 1.57 bits per heavy atom. The summed E-state index contributed by atoms with van der Waals surface area (Å²) < 4.78 is 5.81. The van der Waals surface area contributed by atoms with E-state index < -0.39 is 11.6 Å². The third-order valence-electron chi connectivity index (χ3n) is 1.56. The van der Waals surface area contributed by atoms with Gasteiger partial charge in [0.15, 0.2) is 0 Å². The first-order valence-corrected chi connectivity index (χ1v) is 4.76. The molecule has 1 heterocycles. The van der Waals surface area contributed by atoms with Crippen LogP contribution in [-0.4, -0.2) is 21.7 Å². The maximum atomic E-state index is 10.7. The molecule has 5 heteroatoms. The number of pyridine rings is 1. The van der Waals surface area contributed by atoms with E-state index in [0.717, 1.165) is 0 Å². The van der Waals surface area contributed by atoms with Gasteiger partial charge in [0, 0.05) is 6.07 Å². The summed E-state index contributed by atoms with van der Waals surface area (Å²) in [6.45, 7) is 2.94. The van der Waals surface area contributed by atoms with Crippen molar-refractivity contribution in [1.82, 2.24) is 4.98 Å². The highest BCUT2D eigenvalue weighted by Crippen LogP contribution is 2.18. The van der Waals surface area contributed by atoms with Crippen LogP contribution in [0.3, 0.4) is 0 Å². The predicted molar refractivity (Wildman–Crippen MR) is 54.3 cm³/mol. The molecule has 0 amide bonds. The van der Waals surface area contributed by atoms with Crippen LogP contribution in [-0.2, 0) is 4.79 Å². The van der Waals surface area contributed by atoms with Crippen molar-refractivity contribution < 1.29 is 14.6 Å². The molecule has 1 rings (SSSR count). The lowest BCUT2D eigenvalue weighted by atomic mass is 10.1. The van der Waals surface area contributed by atoms with Crippen LogP contribution < -0.4 is 4.74 Å². The molecule has 0 aromatic carbocycles. The molecule has 1 aromatic heterocycles. The molecule has 0 atom stereocenters. The third kappa shape index (κ3) is 2.70. The number of rotatable bonds is 3. The largest absolute Gasteiger partial charge is 0.478 e. The molecule has 0 unspecified atom stereocenters. The molecule has 0 saturated carbocycles. The number of nitrogens with zero attached hydrogens (tertiary/aromatic N) is 1. The van der Waals surface area contributed by atoms with Gasteiger partial charge in [0.25, 0.3) is 0 Å². The molecule has 1 N–H and O–H groups in total. The number of halogens is 1. The van der Waals surface area contributed by atoms with E-state index in [-0.39, 0.29) is 5.88 Å². The minimum Gasteiger partial charge on any atom is -0.478 e. The second-order valence-corrected chi connectivity index (χ2v) is 4.03. The summed E-state index contributed by atoms with van der Waals surface area (Å²) in [6.07, 6.45) is 0. The van der Waals surface area contributed by atoms with Crippen molar-refractivity contribution in [3.8, 4) is 5.88 Å². The van der Waals surface area contributed by atoms with Crippen LogP contribution in [0.25, 0.3) is 0 Å². The maximum absolute atomic E-state index is 10.7. The number of carbonyl (C=O) groups is 1. The van der Waals surface area contributed by atoms with Gasteiger partial charge in [-0.3, -0.25) is 0 Å². The Morgan fingerprint density at radius 3 is 2.71 bits per heavy atom. The lowest BCUT2D eigenvalue weighted by molar-refractivity contribution is -0.152. The number of carboxylic acids is 1. The van der Waals surface area contributed by atoms with Gasteiger partial charge in [0.2, 0.25) is 11.5 Å². The Labute approximate surface area is 90.0 Å². The van der Waals surface area contributed by atoms with Crippen molar-refractivity contribution >= 4 is 21.9 Å². The lowest BCUT2D eigenvalue weighted by Crippen LogP contribution is -2.38. The average molecular weight is 260 g/mol. The minimum atomic E-state index is -1.27. The molecular formula is C9H10BrNO3. The van der Waals surface area contributed by atoms with Crippen molar-refractivity contribution in [1.29, 1.82) is 0 Å². The van der Waals surface area contributed by atoms with Crippen molar-refractivity contribution in [3.63, 3.8) is 0 Å². The first-order chi connectivity index (χ1) is 6.42. The zero-order valence-electron chi connectivity index (χ0n) is 7.82. The van der Waals surface area contributed by atoms with Crippen LogP contribution in [0.2, 0.25) is 0 Å². The van der Waals surface area contributed by atoms with Gasteiger partial charge >= 0.3 is 5.97 Å². The number of carboxylic acid groups (broad SMARTS) is 1. The predicted octanol–water partition coefficient (Wildman–Crippen LogP) is 2.09. The highest BCUT2D eigenvalue weighted by molar-refractivity contribution is 9.10. The van der Waals surface area contributed by atoms with E-state index in [2.05, 4.69) is 20.9 Å². The summed E-state index contributed by atoms with van der Waals surface area (Å²) in [6, 6.07) is 5.07. The molecule has 76 valence electrons. The van der Waals surface area contributed by atoms with Crippen LogP contribution in [0.5, 0.6) is 5.88 Å². The molecule has 0 aliphatic carbocycles. The minimum absolute atomic E-state index is 0.284. The molecule has 0 aliphatic rings. The molecule has 0 fully saturated rings. The first kappa shape index (κ1) is 11.0. The quantitative estimate of drug-likeness (QED) is 0.845. The Bertz CT molecular complexity index is 352. The SMILES string of the molecule is CC(C)(Oc1cccc(Br)n1)C(=O)O. The van der Waals surface area contributed by atoms with Crippen LogP contribution in [0.1, 0.15) is 13.8 Å². The highest BCUT2D eigenvalue weighted by Gasteiger charge is 2.29. The van der Waals surface area contributed by atoms with Crippen molar-refractivity contribution in [3.05, 3.63) is 22.8 Å². The summed E-state index contributed by atoms with van der Waals surface area (Å²) in [4.78, 5) is 14.7. The first-order valence-electron chi connectivity index (χ1n) is 3.97. The number of aliphatic carboxylic acids is 1. The van der Waals surface area contributed by atoms with Crippen molar-refractivity contribution in [2.24, 2.45) is 0 Å². The van der Waals surface area contributed by atoms with E-state index >= 15 is 0 Å². The molecule has 0 radical (unpaired) electrons. The van der Waals surface area contributed by atoms with Crippen molar-refractivity contribution in [2.75, 3.05) is 0 Å². The number of hydrogen-bond acceptors (Lipinski definition) is 3. The van der Waals surface area contributed by atoms with E-state index in [4.69, 9.17) is 9.84 Å². The summed E-state index contributed by atoms with van der Waals surface area (Å²) in [5.41, 5.74) is -1.27. The molecule has 1 aromatic rings. The van der Waals surface area contributed by atoms with Crippen LogP contribution in [0.4, 0.5) is 0 Å². The highest BCUT2D eigenvalue weighted by atomic mass is 79.9. The summed E-state index contributed by atoms with van der Waals surface area (Å²) >= 11 is 3.17. The molecule has 4 nitrogen and oxygen atoms in total. The van der Waals surface area contributed by atoms with Gasteiger partial charge in [-0.15, -0.1) is 0 Å². The zero-order valence-corrected chi connectivity index (χ0v) is 9.41. The average Bonchev–Trinajstić information content (AvgIpc) is 2.02. The number of ether oxygens (including phenoxy) is 1. The van der Waals surface area contributed by atoms with Crippen LogP contribution in [0.15, 0.2) is 22.8 Å². The molecule has 0 aliphatic heterocycles. The van der Waals surface area contributed by atoms with E-state index in [0.29, 0.717) is 4.60 Å². The van der Waals surface area contributed by atoms with Gasteiger partial charge in [-0.05, 0) is 35.8 Å². The number of hydrogen-bond donors (Lipinski definition) is 1. The van der Waals surface area contributed by atoms with Crippen LogP contribution >= 0.6 is 15.9 Å². The fraction of sp³-hybridized carbons (Fsp3) is 0.333. The smallest absolute Gasteiger partial charge is 0.347 e. The van der Waals surface area contributed by atoms with Crippen molar-refractivity contribution in [2.45, 2.75) is 19.4 Å². The Kier molecular flexibility index (Phi) is 3.10. The summed E-state index contributed by atoms with van der Waals surface area (Å²) in [5, 5.41) is 8.81. The van der Waals surface area contributed by atoms with Gasteiger partial charge < -0.3 is 9.84 Å². The number of aromatic nitrogens is 1. The maximum Gasteiger partial charge on any atom is 0.347 e. The van der Waals surface area contributed by atoms with E-state index in [9.17, 15) is 4.79 Å². The molecule has 0 bridgehead atoms. The molecule has 0 spiro atoms. The normalized spacial score (nSPS) is 11.1. The topological polar surface area (TPSA) is 59.4 Å². The summed E-state index contributed by atoms with van der Waals surface area (Å²) in [5.74, 6) is -0.744. The second kappa shape index (κ2) is 3.96. The van der Waals surface area contributed by atoms with E-state index in [1.807, 2.05) is 0 Å². The summed E-state index contributed by atoms with van der Waals surface area (Å²) in [7, 11) is 0. The lowest BCUT2D eigenvalue weighted by Gasteiger charge is -2.20. The Hall–Kier alpha value is -1.10. The van der Waals surface area contributed by atoms with Gasteiger partial charge in [-0.25, -0.2) is 9.78 Å². The van der Waals surface area contributed by atoms with E-state index in [1.54, 1.807) is 18.2 Å². The molecule has 0 saturated heterocycles. The standard InChI is InChI=1S/C9H10BrNO3/c1-9(2,8(12)13)14-7-5-3-4-6(10)11-7/h3-5H,1-2H3,(H,12,13). The fourth-order valence-corrected chi connectivity index (χ4v) is 1.08. The fourth-order valence-electron chi connectivity index (χ4n) is 0.752. The monoisotopic (exact) mass is 259 g/mol. The van der Waals surface area contributed by atoms with Crippen LogP contribution in [0, 0.1) is 0 Å². The third-order valence-corrected chi connectivity index (χ3v) is 2.01. The zero-order chi connectivity index (χ0) is 10.8.